The van der Waals surface area contributed by atoms with Gasteiger partial charge in [-0.1, -0.05) is 12.1 Å². The maximum atomic E-state index is 10.8. The highest BCUT2D eigenvalue weighted by Gasteiger charge is 2.09. The molecule has 0 amide bonds. The standard InChI is InChI=1S/C20H25NO6/c1-24-17-5-3-4-6-18(17)26-10-9-21-12-16(23)14-27-19-8-7-15(13-22)11-20(19)25-2/h3-8,11,13,16,21,23H,9-10,12,14H2,1-2H3. The number of hydrogen-bond acceptors (Lipinski definition) is 7. The molecule has 27 heavy (non-hydrogen) atoms. The molecule has 2 N–H and O–H groups in total. The first-order valence-electron chi connectivity index (χ1n) is 8.58. The third kappa shape index (κ3) is 6.47. The fraction of sp³-hybridized carbons (Fsp3) is 0.350. The maximum absolute atomic E-state index is 10.8. The molecule has 0 saturated heterocycles. The zero-order chi connectivity index (χ0) is 19.5. The van der Waals surface area contributed by atoms with E-state index < -0.39 is 6.10 Å². The number of methoxy groups -OCH3 is 2. The van der Waals surface area contributed by atoms with Crippen molar-refractivity contribution in [2.75, 3.05) is 40.5 Å². The zero-order valence-corrected chi connectivity index (χ0v) is 15.5. The van der Waals surface area contributed by atoms with Gasteiger partial charge in [0.05, 0.1) is 14.2 Å². The Morgan fingerprint density at radius 3 is 2.41 bits per heavy atom. The van der Waals surface area contributed by atoms with E-state index in [1.807, 2.05) is 24.3 Å². The van der Waals surface area contributed by atoms with Crippen LogP contribution in [-0.4, -0.2) is 58.0 Å². The second-order valence-electron chi connectivity index (χ2n) is 5.70. The molecule has 0 spiro atoms. The lowest BCUT2D eigenvalue weighted by Gasteiger charge is -2.15. The number of aliphatic hydroxyl groups is 1. The first-order chi connectivity index (χ1) is 13.2. The van der Waals surface area contributed by atoms with Crippen molar-refractivity contribution in [2.24, 2.45) is 0 Å². The van der Waals surface area contributed by atoms with Gasteiger partial charge < -0.3 is 29.4 Å². The Balaban J connectivity index is 1.68. The first-order valence-corrected chi connectivity index (χ1v) is 8.58. The highest BCUT2D eigenvalue weighted by Crippen LogP contribution is 2.27. The third-order valence-electron chi connectivity index (χ3n) is 3.74. The number of carbonyl (C=O) groups excluding carboxylic acids is 1. The number of nitrogens with one attached hydrogen (secondary N) is 1. The molecule has 0 radical (unpaired) electrons. The molecule has 0 fully saturated rings. The summed E-state index contributed by atoms with van der Waals surface area (Å²) in [5.41, 5.74) is 0.497. The van der Waals surface area contributed by atoms with E-state index in [-0.39, 0.29) is 6.61 Å². The van der Waals surface area contributed by atoms with Crippen molar-refractivity contribution in [3.63, 3.8) is 0 Å². The van der Waals surface area contributed by atoms with Crippen molar-refractivity contribution in [3.05, 3.63) is 48.0 Å². The average molecular weight is 375 g/mol. The highest BCUT2D eigenvalue weighted by atomic mass is 16.5. The molecule has 0 aliphatic heterocycles. The maximum Gasteiger partial charge on any atom is 0.161 e. The van der Waals surface area contributed by atoms with Crippen LogP contribution in [0.1, 0.15) is 10.4 Å². The number of ether oxygens (including phenoxy) is 4. The number of aliphatic hydroxyl groups excluding tert-OH is 1. The van der Waals surface area contributed by atoms with Crippen molar-refractivity contribution >= 4 is 6.29 Å². The van der Waals surface area contributed by atoms with Crippen LogP contribution in [0.15, 0.2) is 42.5 Å². The lowest BCUT2D eigenvalue weighted by atomic mass is 10.2. The van der Waals surface area contributed by atoms with Gasteiger partial charge in [-0.05, 0) is 30.3 Å². The van der Waals surface area contributed by atoms with Gasteiger partial charge in [0.25, 0.3) is 0 Å². The Labute approximate surface area is 158 Å². The summed E-state index contributed by atoms with van der Waals surface area (Å²) in [6.45, 7) is 1.45. The Hall–Kier alpha value is -2.77. The number of benzene rings is 2. The molecule has 2 aromatic rings. The van der Waals surface area contributed by atoms with Crippen LogP contribution in [0.5, 0.6) is 23.0 Å². The predicted molar refractivity (Wildman–Crippen MR) is 101 cm³/mol. The zero-order valence-electron chi connectivity index (χ0n) is 15.5. The van der Waals surface area contributed by atoms with Gasteiger partial charge >= 0.3 is 0 Å². The van der Waals surface area contributed by atoms with Crippen LogP contribution >= 0.6 is 0 Å². The van der Waals surface area contributed by atoms with E-state index in [0.717, 1.165) is 6.29 Å². The van der Waals surface area contributed by atoms with Crippen LogP contribution in [0.25, 0.3) is 0 Å². The molecule has 7 nitrogen and oxygen atoms in total. The molecule has 0 aliphatic rings. The predicted octanol–water partition coefficient (Wildman–Crippen LogP) is 1.92. The molecular weight excluding hydrogens is 350 g/mol. The minimum Gasteiger partial charge on any atom is -0.493 e. The summed E-state index contributed by atoms with van der Waals surface area (Å²) < 4.78 is 21.6. The van der Waals surface area contributed by atoms with Crippen molar-refractivity contribution in [1.29, 1.82) is 0 Å². The summed E-state index contributed by atoms with van der Waals surface area (Å²) in [7, 11) is 3.09. The van der Waals surface area contributed by atoms with E-state index in [0.29, 0.717) is 48.3 Å². The summed E-state index contributed by atoms with van der Waals surface area (Å²) in [6, 6.07) is 12.3. The van der Waals surface area contributed by atoms with Crippen LogP contribution < -0.4 is 24.3 Å². The molecule has 146 valence electrons. The molecule has 7 heteroatoms. The van der Waals surface area contributed by atoms with E-state index in [4.69, 9.17) is 18.9 Å². The van der Waals surface area contributed by atoms with E-state index >= 15 is 0 Å². The molecule has 0 aliphatic carbocycles. The van der Waals surface area contributed by atoms with Crippen molar-refractivity contribution in [2.45, 2.75) is 6.10 Å². The Morgan fingerprint density at radius 2 is 1.70 bits per heavy atom. The average Bonchev–Trinajstić information content (AvgIpc) is 2.72. The van der Waals surface area contributed by atoms with Gasteiger partial charge in [0.2, 0.25) is 0 Å². The number of hydrogen-bond donors (Lipinski definition) is 2. The van der Waals surface area contributed by atoms with Gasteiger partial charge in [-0.2, -0.15) is 0 Å². The van der Waals surface area contributed by atoms with Crippen molar-refractivity contribution < 1.29 is 28.8 Å². The largest absolute Gasteiger partial charge is 0.493 e. The van der Waals surface area contributed by atoms with E-state index in [9.17, 15) is 9.90 Å². The molecular formula is C20H25NO6. The molecule has 1 atom stereocenters. The summed E-state index contributed by atoms with van der Waals surface area (Å²) in [4.78, 5) is 10.8. The molecule has 2 rings (SSSR count). The van der Waals surface area contributed by atoms with Gasteiger partial charge in [0.15, 0.2) is 23.0 Å². The second-order valence-corrected chi connectivity index (χ2v) is 5.70. The van der Waals surface area contributed by atoms with Crippen LogP contribution in [0, 0.1) is 0 Å². The lowest BCUT2D eigenvalue weighted by Crippen LogP contribution is -2.33. The number of aldehydes is 1. The van der Waals surface area contributed by atoms with Gasteiger partial charge in [-0.25, -0.2) is 0 Å². The highest BCUT2D eigenvalue weighted by molar-refractivity contribution is 5.76. The van der Waals surface area contributed by atoms with E-state index in [2.05, 4.69) is 5.32 Å². The molecule has 0 heterocycles. The van der Waals surface area contributed by atoms with Crippen LogP contribution in [-0.2, 0) is 0 Å². The summed E-state index contributed by atoms with van der Waals surface area (Å²) in [5, 5.41) is 13.1. The molecule has 0 aromatic heterocycles. The second kappa shape index (κ2) is 11.1. The van der Waals surface area contributed by atoms with Gasteiger partial charge in [-0.3, -0.25) is 4.79 Å². The first kappa shape index (κ1) is 20.5. The fourth-order valence-corrected chi connectivity index (χ4v) is 2.36. The van der Waals surface area contributed by atoms with Gasteiger partial charge in [0, 0.05) is 18.7 Å². The summed E-state index contributed by atoms with van der Waals surface area (Å²) in [5.74, 6) is 2.28. The monoisotopic (exact) mass is 375 g/mol. The Bertz CT molecular complexity index is 721. The molecule has 0 saturated carbocycles. The van der Waals surface area contributed by atoms with Gasteiger partial charge in [-0.15, -0.1) is 0 Å². The van der Waals surface area contributed by atoms with Crippen molar-refractivity contribution in [3.8, 4) is 23.0 Å². The lowest BCUT2D eigenvalue weighted by molar-refractivity contribution is 0.103. The van der Waals surface area contributed by atoms with E-state index in [1.54, 1.807) is 25.3 Å². The SMILES string of the molecule is COc1ccccc1OCCNCC(O)COc1ccc(C=O)cc1OC. The van der Waals surface area contributed by atoms with Crippen molar-refractivity contribution in [1.82, 2.24) is 5.32 Å². The third-order valence-corrected chi connectivity index (χ3v) is 3.74. The molecule has 2 aromatic carbocycles. The summed E-state index contributed by atoms with van der Waals surface area (Å²) in [6.07, 6.45) is 0.0322. The Morgan fingerprint density at radius 1 is 1.00 bits per heavy atom. The summed E-state index contributed by atoms with van der Waals surface area (Å²) >= 11 is 0. The Kier molecular flexibility index (Phi) is 8.41. The minimum absolute atomic E-state index is 0.0944. The topological polar surface area (TPSA) is 86.3 Å². The minimum atomic E-state index is -0.702. The van der Waals surface area contributed by atoms with Gasteiger partial charge in [0.1, 0.15) is 25.6 Å². The van der Waals surface area contributed by atoms with Crippen LogP contribution in [0.4, 0.5) is 0 Å². The molecule has 1 unspecified atom stereocenters. The number of carbonyl (C=O) groups is 1. The van der Waals surface area contributed by atoms with Crippen LogP contribution in [0.2, 0.25) is 0 Å². The van der Waals surface area contributed by atoms with E-state index in [1.165, 1.54) is 7.11 Å². The quantitative estimate of drug-likeness (QED) is 0.433. The smallest absolute Gasteiger partial charge is 0.161 e. The number of para-hydroxylation sites is 2. The molecule has 0 bridgehead atoms. The normalized spacial score (nSPS) is 11.5. The van der Waals surface area contributed by atoms with Crippen LogP contribution in [0.3, 0.4) is 0 Å². The fourth-order valence-electron chi connectivity index (χ4n) is 2.36. The number of rotatable bonds is 12.